The summed E-state index contributed by atoms with van der Waals surface area (Å²) in [4.78, 5) is 19.4. The molecular formula is C16H14BrN3O. The van der Waals surface area contributed by atoms with Crippen LogP contribution in [0.2, 0.25) is 0 Å². The average molecular weight is 344 g/mol. The number of amides is 1. The van der Waals surface area contributed by atoms with Gasteiger partial charge in [0.05, 0.1) is 0 Å². The van der Waals surface area contributed by atoms with Gasteiger partial charge < -0.3 is 10.3 Å². The first-order valence-electron chi connectivity index (χ1n) is 6.69. The Kier molecular flexibility index (Phi) is 4.01. The molecule has 0 aliphatic rings. The fourth-order valence-corrected chi connectivity index (χ4v) is 2.72. The lowest BCUT2D eigenvalue weighted by Crippen LogP contribution is -2.26. The minimum absolute atomic E-state index is 0.165. The van der Waals surface area contributed by atoms with Gasteiger partial charge in [-0.25, -0.2) is 4.98 Å². The molecular weight excluding hydrogens is 330 g/mol. The van der Waals surface area contributed by atoms with Gasteiger partial charge in [-0.05, 0) is 46.1 Å². The maximum absolute atomic E-state index is 12.0. The lowest BCUT2D eigenvalue weighted by molar-refractivity contribution is 0.0948. The number of fused-ring (bicyclic) bond motifs is 1. The lowest BCUT2D eigenvalue weighted by Gasteiger charge is -2.05. The molecule has 0 fully saturated rings. The monoisotopic (exact) mass is 343 g/mol. The van der Waals surface area contributed by atoms with E-state index in [1.807, 2.05) is 30.5 Å². The van der Waals surface area contributed by atoms with Crippen molar-refractivity contribution in [3.05, 3.63) is 64.5 Å². The molecule has 4 nitrogen and oxygen atoms in total. The molecule has 3 rings (SSSR count). The molecule has 1 amide bonds. The van der Waals surface area contributed by atoms with Gasteiger partial charge in [0.1, 0.15) is 5.69 Å². The van der Waals surface area contributed by atoms with Crippen molar-refractivity contribution in [3.63, 3.8) is 0 Å². The van der Waals surface area contributed by atoms with Crippen LogP contribution >= 0.6 is 15.9 Å². The second-order valence-corrected chi connectivity index (χ2v) is 5.55. The molecule has 5 heteroatoms. The van der Waals surface area contributed by atoms with Crippen LogP contribution in [0, 0.1) is 0 Å². The van der Waals surface area contributed by atoms with Crippen molar-refractivity contribution in [3.8, 4) is 0 Å². The quantitative estimate of drug-likeness (QED) is 0.763. The minimum atomic E-state index is -0.165. The number of aromatic nitrogens is 2. The van der Waals surface area contributed by atoms with Gasteiger partial charge in [0, 0.05) is 34.3 Å². The van der Waals surface area contributed by atoms with Crippen LogP contribution in [0.15, 0.2) is 53.3 Å². The second kappa shape index (κ2) is 6.10. The predicted molar refractivity (Wildman–Crippen MR) is 86.3 cm³/mol. The number of carbonyl (C=O) groups is 1. The third kappa shape index (κ3) is 2.97. The summed E-state index contributed by atoms with van der Waals surface area (Å²) in [6, 6.07) is 11.7. The number of hydrogen-bond acceptors (Lipinski definition) is 2. The van der Waals surface area contributed by atoms with Crippen molar-refractivity contribution in [2.24, 2.45) is 0 Å². The molecule has 21 heavy (non-hydrogen) atoms. The Hall–Kier alpha value is -2.14. The predicted octanol–water partition coefficient (Wildman–Crippen LogP) is 3.30. The van der Waals surface area contributed by atoms with Gasteiger partial charge in [-0.15, -0.1) is 0 Å². The van der Waals surface area contributed by atoms with Crippen LogP contribution < -0.4 is 5.32 Å². The van der Waals surface area contributed by atoms with E-state index in [1.165, 1.54) is 10.9 Å². The fraction of sp³-hybridized carbons (Fsp3) is 0.125. The second-order valence-electron chi connectivity index (χ2n) is 4.70. The van der Waals surface area contributed by atoms with Crippen LogP contribution in [-0.2, 0) is 6.42 Å². The smallest absolute Gasteiger partial charge is 0.271 e. The highest BCUT2D eigenvalue weighted by atomic mass is 79.9. The number of benzene rings is 1. The Morgan fingerprint density at radius 2 is 2.10 bits per heavy atom. The van der Waals surface area contributed by atoms with Crippen LogP contribution in [0.5, 0.6) is 0 Å². The van der Waals surface area contributed by atoms with Crippen LogP contribution in [0.3, 0.4) is 0 Å². The first-order valence-corrected chi connectivity index (χ1v) is 7.49. The lowest BCUT2D eigenvalue weighted by atomic mass is 10.1. The van der Waals surface area contributed by atoms with Gasteiger partial charge in [-0.2, -0.15) is 0 Å². The van der Waals surface area contributed by atoms with Crippen molar-refractivity contribution in [2.75, 3.05) is 6.54 Å². The standard InChI is InChI=1S/C16H14BrN3O/c17-13-5-3-8-18-15(13)16(21)19-9-7-11-10-20-14-6-2-1-4-12(11)14/h1-6,8,10,20H,7,9H2,(H,19,21). The van der Waals surface area contributed by atoms with Crippen molar-refractivity contribution >= 4 is 32.7 Å². The molecule has 3 aromatic rings. The van der Waals surface area contributed by atoms with Crippen molar-refractivity contribution < 1.29 is 4.79 Å². The molecule has 2 aromatic heterocycles. The molecule has 0 unspecified atom stereocenters. The highest BCUT2D eigenvalue weighted by molar-refractivity contribution is 9.10. The molecule has 2 heterocycles. The highest BCUT2D eigenvalue weighted by Gasteiger charge is 2.10. The van der Waals surface area contributed by atoms with Gasteiger partial charge in [-0.1, -0.05) is 18.2 Å². The van der Waals surface area contributed by atoms with E-state index in [9.17, 15) is 4.79 Å². The molecule has 0 atom stereocenters. The van der Waals surface area contributed by atoms with Crippen LogP contribution in [0.25, 0.3) is 10.9 Å². The number of halogens is 1. The summed E-state index contributed by atoms with van der Waals surface area (Å²) in [5.74, 6) is -0.165. The number of nitrogens with one attached hydrogen (secondary N) is 2. The fourth-order valence-electron chi connectivity index (χ4n) is 2.29. The molecule has 0 aliphatic carbocycles. The maximum Gasteiger partial charge on any atom is 0.271 e. The van der Waals surface area contributed by atoms with Gasteiger partial charge in [-0.3, -0.25) is 4.79 Å². The number of pyridine rings is 1. The molecule has 0 saturated heterocycles. The number of carbonyl (C=O) groups excluding carboxylic acids is 1. The summed E-state index contributed by atoms with van der Waals surface area (Å²) >= 11 is 3.33. The van der Waals surface area contributed by atoms with Crippen LogP contribution in [0.1, 0.15) is 16.1 Å². The van der Waals surface area contributed by atoms with Crippen molar-refractivity contribution in [1.82, 2.24) is 15.3 Å². The first kappa shape index (κ1) is 13.8. The molecule has 1 aromatic carbocycles. The van der Waals surface area contributed by atoms with Crippen LogP contribution in [0.4, 0.5) is 0 Å². The zero-order valence-corrected chi connectivity index (χ0v) is 12.9. The average Bonchev–Trinajstić information content (AvgIpc) is 2.91. The summed E-state index contributed by atoms with van der Waals surface area (Å²) in [6.45, 7) is 0.573. The number of para-hydroxylation sites is 1. The Morgan fingerprint density at radius 3 is 2.95 bits per heavy atom. The number of nitrogens with zero attached hydrogens (tertiary/aromatic N) is 1. The Bertz CT molecular complexity index is 782. The molecule has 0 spiro atoms. The number of aromatic amines is 1. The molecule has 0 bridgehead atoms. The maximum atomic E-state index is 12.0. The normalized spacial score (nSPS) is 10.7. The summed E-state index contributed by atoms with van der Waals surface area (Å²) in [5, 5.41) is 4.10. The van der Waals surface area contributed by atoms with E-state index in [1.54, 1.807) is 12.3 Å². The van der Waals surface area contributed by atoms with E-state index in [2.05, 4.69) is 37.3 Å². The molecule has 0 saturated carbocycles. The third-order valence-electron chi connectivity index (χ3n) is 3.33. The van der Waals surface area contributed by atoms with Gasteiger partial charge in [0.15, 0.2) is 0 Å². The summed E-state index contributed by atoms with van der Waals surface area (Å²) in [6.07, 6.45) is 4.38. The van der Waals surface area contributed by atoms with E-state index < -0.39 is 0 Å². The van der Waals surface area contributed by atoms with Crippen molar-refractivity contribution in [2.45, 2.75) is 6.42 Å². The molecule has 0 radical (unpaired) electrons. The van der Waals surface area contributed by atoms with Gasteiger partial charge >= 0.3 is 0 Å². The van der Waals surface area contributed by atoms with E-state index in [0.717, 1.165) is 11.9 Å². The Morgan fingerprint density at radius 1 is 1.24 bits per heavy atom. The summed E-state index contributed by atoms with van der Waals surface area (Å²) < 4.78 is 0.703. The summed E-state index contributed by atoms with van der Waals surface area (Å²) in [7, 11) is 0. The summed E-state index contributed by atoms with van der Waals surface area (Å²) in [5.41, 5.74) is 2.73. The van der Waals surface area contributed by atoms with Gasteiger partial charge in [0.2, 0.25) is 0 Å². The van der Waals surface area contributed by atoms with E-state index in [-0.39, 0.29) is 5.91 Å². The Balaban J connectivity index is 1.64. The molecule has 0 aliphatic heterocycles. The van der Waals surface area contributed by atoms with E-state index in [4.69, 9.17) is 0 Å². The molecule has 106 valence electrons. The number of rotatable bonds is 4. The topological polar surface area (TPSA) is 57.8 Å². The largest absolute Gasteiger partial charge is 0.361 e. The minimum Gasteiger partial charge on any atom is -0.361 e. The zero-order valence-electron chi connectivity index (χ0n) is 11.3. The van der Waals surface area contributed by atoms with Gasteiger partial charge in [0.25, 0.3) is 5.91 Å². The zero-order chi connectivity index (χ0) is 14.7. The van der Waals surface area contributed by atoms with E-state index in [0.29, 0.717) is 16.7 Å². The SMILES string of the molecule is O=C(NCCc1c[nH]c2ccccc12)c1ncccc1Br. The molecule has 2 N–H and O–H groups in total. The van der Waals surface area contributed by atoms with Crippen LogP contribution in [-0.4, -0.2) is 22.4 Å². The Labute approximate surface area is 130 Å². The number of hydrogen-bond donors (Lipinski definition) is 2. The third-order valence-corrected chi connectivity index (χ3v) is 3.97. The highest BCUT2D eigenvalue weighted by Crippen LogP contribution is 2.18. The van der Waals surface area contributed by atoms with E-state index >= 15 is 0 Å². The van der Waals surface area contributed by atoms with Crippen molar-refractivity contribution in [1.29, 1.82) is 0 Å². The number of H-pyrrole nitrogens is 1. The first-order chi connectivity index (χ1) is 10.3.